The zero-order chi connectivity index (χ0) is 12.3. The fraction of sp³-hybridized carbons (Fsp3) is 0.500. The first-order chi connectivity index (χ1) is 7.34. The molecule has 88 valence electrons. The van der Waals surface area contributed by atoms with Crippen molar-refractivity contribution < 1.29 is 4.79 Å². The molecule has 0 amide bonds. The lowest BCUT2D eigenvalue weighted by Gasteiger charge is -2.30. The van der Waals surface area contributed by atoms with E-state index in [9.17, 15) is 4.79 Å². The first-order valence-corrected chi connectivity index (χ1v) is 5.99. The predicted molar refractivity (Wildman–Crippen MR) is 68.9 cm³/mol. The SMILES string of the molecule is CC(C)C(C)(C)c1cccc(CC(=O)Cl)c1. The van der Waals surface area contributed by atoms with E-state index in [-0.39, 0.29) is 10.7 Å². The highest BCUT2D eigenvalue weighted by Gasteiger charge is 2.24. The van der Waals surface area contributed by atoms with E-state index in [2.05, 4.69) is 39.8 Å². The van der Waals surface area contributed by atoms with Gasteiger partial charge in [0.15, 0.2) is 0 Å². The van der Waals surface area contributed by atoms with E-state index in [1.54, 1.807) is 0 Å². The normalized spacial score (nSPS) is 11.9. The van der Waals surface area contributed by atoms with E-state index in [0.717, 1.165) is 5.56 Å². The molecule has 0 spiro atoms. The molecule has 1 rings (SSSR count). The second-order valence-corrected chi connectivity index (χ2v) is 5.53. The summed E-state index contributed by atoms with van der Waals surface area (Å²) in [6.07, 6.45) is 0.309. The number of carbonyl (C=O) groups is 1. The van der Waals surface area contributed by atoms with Gasteiger partial charge in [-0.3, -0.25) is 4.79 Å². The molecule has 0 saturated carbocycles. The molecule has 16 heavy (non-hydrogen) atoms. The molecule has 0 heterocycles. The quantitative estimate of drug-likeness (QED) is 0.727. The third-order valence-corrected chi connectivity index (χ3v) is 3.59. The molecular formula is C14H19ClO. The number of halogens is 1. The summed E-state index contributed by atoms with van der Waals surface area (Å²) in [6, 6.07) is 8.14. The van der Waals surface area contributed by atoms with Crippen LogP contribution in [0.3, 0.4) is 0 Å². The average Bonchev–Trinajstić information content (AvgIpc) is 2.16. The summed E-state index contributed by atoms with van der Waals surface area (Å²) in [6.45, 7) is 8.86. The molecule has 0 aliphatic rings. The molecule has 0 bridgehead atoms. The summed E-state index contributed by atoms with van der Waals surface area (Å²) in [5, 5.41) is -0.306. The van der Waals surface area contributed by atoms with Gasteiger partial charge in [0.05, 0.1) is 0 Å². The van der Waals surface area contributed by atoms with Gasteiger partial charge in [-0.15, -0.1) is 0 Å². The molecule has 1 nitrogen and oxygen atoms in total. The second-order valence-electron chi connectivity index (χ2n) is 5.11. The van der Waals surface area contributed by atoms with Gasteiger partial charge in [0, 0.05) is 6.42 Å². The molecule has 0 saturated heterocycles. The number of benzene rings is 1. The van der Waals surface area contributed by atoms with Crippen molar-refractivity contribution >= 4 is 16.8 Å². The van der Waals surface area contributed by atoms with Crippen LogP contribution in [0.2, 0.25) is 0 Å². The van der Waals surface area contributed by atoms with Gasteiger partial charge in [0.1, 0.15) is 0 Å². The Labute approximate surface area is 103 Å². The highest BCUT2D eigenvalue weighted by molar-refractivity contribution is 6.63. The van der Waals surface area contributed by atoms with E-state index in [1.807, 2.05) is 12.1 Å². The highest BCUT2D eigenvalue weighted by atomic mass is 35.5. The average molecular weight is 239 g/mol. The monoisotopic (exact) mass is 238 g/mol. The van der Waals surface area contributed by atoms with Crippen LogP contribution in [0.4, 0.5) is 0 Å². The minimum absolute atomic E-state index is 0.116. The van der Waals surface area contributed by atoms with Crippen LogP contribution in [-0.4, -0.2) is 5.24 Å². The first kappa shape index (κ1) is 13.2. The van der Waals surface area contributed by atoms with Crippen molar-refractivity contribution in [2.24, 2.45) is 5.92 Å². The van der Waals surface area contributed by atoms with Crippen LogP contribution in [0.5, 0.6) is 0 Å². The van der Waals surface area contributed by atoms with Gasteiger partial charge < -0.3 is 0 Å². The maximum absolute atomic E-state index is 10.9. The Morgan fingerprint density at radius 2 is 2.00 bits per heavy atom. The van der Waals surface area contributed by atoms with Gasteiger partial charge in [-0.05, 0) is 34.1 Å². The van der Waals surface area contributed by atoms with Gasteiger partial charge in [-0.25, -0.2) is 0 Å². The molecule has 0 N–H and O–H groups in total. The van der Waals surface area contributed by atoms with Crippen molar-refractivity contribution in [2.75, 3.05) is 0 Å². The third kappa shape index (κ3) is 3.08. The number of carbonyl (C=O) groups excluding carboxylic acids is 1. The minimum atomic E-state index is -0.306. The molecule has 0 atom stereocenters. The smallest absolute Gasteiger partial charge is 0.226 e. The van der Waals surface area contributed by atoms with Crippen molar-refractivity contribution in [3.63, 3.8) is 0 Å². The summed E-state index contributed by atoms with van der Waals surface area (Å²) >= 11 is 5.40. The fourth-order valence-corrected chi connectivity index (χ4v) is 1.73. The van der Waals surface area contributed by atoms with Crippen LogP contribution in [0, 0.1) is 5.92 Å². The van der Waals surface area contributed by atoms with Gasteiger partial charge in [-0.1, -0.05) is 52.0 Å². The molecule has 0 aliphatic heterocycles. The van der Waals surface area contributed by atoms with Crippen molar-refractivity contribution in [1.82, 2.24) is 0 Å². The van der Waals surface area contributed by atoms with Crippen LogP contribution in [0.15, 0.2) is 24.3 Å². The van der Waals surface area contributed by atoms with E-state index < -0.39 is 0 Å². The van der Waals surface area contributed by atoms with Crippen LogP contribution >= 0.6 is 11.6 Å². The Morgan fingerprint density at radius 1 is 1.38 bits per heavy atom. The standard InChI is InChI=1S/C14H19ClO/c1-10(2)14(3,4)12-7-5-6-11(8-12)9-13(15)16/h5-8,10H,9H2,1-4H3. The Hall–Kier alpha value is -0.820. The Kier molecular flexibility index (Phi) is 4.15. The maximum atomic E-state index is 10.9. The lowest BCUT2D eigenvalue weighted by molar-refractivity contribution is -0.111. The molecular weight excluding hydrogens is 220 g/mol. The Morgan fingerprint density at radius 3 is 2.50 bits per heavy atom. The van der Waals surface area contributed by atoms with Gasteiger partial charge in [-0.2, -0.15) is 0 Å². The first-order valence-electron chi connectivity index (χ1n) is 5.61. The Bertz CT molecular complexity index is 380. The highest BCUT2D eigenvalue weighted by Crippen LogP contribution is 2.31. The van der Waals surface area contributed by atoms with E-state index >= 15 is 0 Å². The maximum Gasteiger partial charge on any atom is 0.226 e. The van der Waals surface area contributed by atoms with Gasteiger partial charge in [0.2, 0.25) is 5.24 Å². The molecule has 2 heteroatoms. The van der Waals surface area contributed by atoms with Crippen molar-refractivity contribution in [3.8, 4) is 0 Å². The summed E-state index contributed by atoms with van der Waals surface area (Å²) in [7, 11) is 0. The molecule has 1 aromatic carbocycles. The van der Waals surface area contributed by atoms with Gasteiger partial charge in [0.25, 0.3) is 0 Å². The zero-order valence-corrected chi connectivity index (χ0v) is 11.1. The molecule has 1 aromatic rings. The number of rotatable bonds is 4. The second kappa shape index (κ2) is 5.01. The van der Waals surface area contributed by atoms with Crippen LogP contribution in [0.1, 0.15) is 38.8 Å². The minimum Gasteiger partial charge on any atom is -0.281 e. The fourth-order valence-electron chi connectivity index (χ4n) is 1.58. The molecule has 0 aliphatic carbocycles. The summed E-state index contributed by atoms with van der Waals surface area (Å²) < 4.78 is 0. The largest absolute Gasteiger partial charge is 0.281 e. The van der Waals surface area contributed by atoms with Gasteiger partial charge >= 0.3 is 0 Å². The summed E-state index contributed by atoms with van der Waals surface area (Å²) in [5.41, 5.74) is 2.37. The van der Waals surface area contributed by atoms with Crippen LogP contribution in [-0.2, 0) is 16.6 Å². The van der Waals surface area contributed by atoms with Crippen molar-refractivity contribution in [2.45, 2.75) is 39.5 Å². The van der Waals surface area contributed by atoms with Crippen LogP contribution < -0.4 is 0 Å². The lowest BCUT2D eigenvalue weighted by Crippen LogP contribution is -2.24. The molecule has 0 radical (unpaired) electrons. The van der Waals surface area contributed by atoms with E-state index in [0.29, 0.717) is 12.3 Å². The third-order valence-electron chi connectivity index (χ3n) is 3.46. The number of hydrogen-bond donors (Lipinski definition) is 0. The molecule has 0 unspecified atom stereocenters. The van der Waals surface area contributed by atoms with Crippen LogP contribution in [0.25, 0.3) is 0 Å². The van der Waals surface area contributed by atoms with Crippen molar-refractivity contribution in [1.29, 1.82) is 0 Å². The topological polar surface area (TPSA) is 17.1 Å². The van der Waals surface area contributed by atoms with E-state index in [1.165, 1.54) is 5.56 Å². The van der Waals surface area contributed by atoms with E-state index in [4.69, 9.17) is 11.6 Å². The number of hydrogen-bond acceptors (Lipinski definition) is 1. The Balaban J connectivity index is 3.02. The molecule has 0 aromatic heterocycles. The zero-order valence-electron chi connectivity index (χ0n) is 10.4. The molecule has 0 fully saturated rings. The van der Waals surface area contributed by atoms with Crippen molar-refractivity contribution in [3.05, 3.63) is 35.4 Å². The summed E-state index contributed by atoms with van der Waals surface area (Å²) in [5.74, 6) is 0.550. The lowest BCUT2D eigenvalue weighted by atomic mass is 9.75. The predicted octanol–water partition coefficient (Wildman–Crippen LogP) is 3.93. The summed E-state index contributed by atoms with van der Waals surface area (Å²) in [4.78, 5) is 10.9.